The lowest BCUT2D eigenvalue weighted by Gasteiger charge is -2.11. The normalized spacial score (nSPS) is 12.4. The topological polar surface area (TPSA) is 66.5 Å². The van der Waals surface area contributed by atoms with E-state index in [9.17, 15) is 0 Å². The number of hydrogen-bond acceptors (Lipinski definition) is 4. The maximum Gasteiger partial charge on any atom is 0.223 e. The van der Waals surface area contributed by atoms with E-state index in [2.05, 4.69) is 25.5 Å². The predicted molar refractivity (Wildman–Crippen MR) is 57.4 cm³/mol. The summed E-state index contributed by atoms with van der Waals surface area (Å²) in [6.07, 6.45) is 5.38. The van der Waals surface area contributed by atoms with Crippen LogP contribution in [-0.2, 0) is 0 Å². The molecule has 2 aromatic rings. The fourth-order valence-electron chi connectivity index (χ4n) is 1.29. The van der Waals surface area contributed by atoms with Crippen molar-refractivity contribution in [2.24, 2.45) is 0 Å². The highest BCUT2D eigenvalue weighted by Crippen LogP contribution is 2.14. The Bertz CT molecular complexity index is 423. The first-order valence-corrected chi connectivity index (χ1v) is 4.80. The first-order chi connectivity index (χ1) is 7.25. The fourth-order valence-corrected chi connectivity index (χ4v) is 1.29. The van der Waals surface area contributed by atoms with Gasteiger partial charge in [0, 0.05) is 23.7 Å². The Hall–Kier alpha value is -1.91. The van der Waals surface area contributed by atoms with Crippen molar-refractivity contribution in [2.75, 3.05) is 5.32 Å². The smallest absolute Gasteiger partial charge is 0.223 e. The molecular weight excluding hydrogens is 190 g/mol. The van der Waals surface area contributed by atoms with Gasteiger partial charge in [0.2, 0.25) is 5.95 Å². The summed E-state index contributed by atoms with van der Waals surface area (Å²) < 4.78 is 0. The Morgan fingerprint density at radius 3 is 3.00 bits per heavy atom. The average molecular weight is 203 g/mol. The minimum absolute atomic E-state index is 0.144. The van der Waals surface area contributed by atoms with Crippen LogP contribution in [0.1, 0.15) is 24.2 Å². The van der Waals surface area contributed by atoms with Crippen LogP contribution in [0, 0.1) is 6.92 Å². The molecule has 0 aliphatic heterocycles. The quantitative estimate of drug-likeness (QED) is 0.796. The molecule has 2 N–H and O–H groups in total. The minimum atomic E-state index is 0.144. The molecule has 0 fully saturated rings. The number of rotatable bonds is 3. The highest BCUT2D eigenvalue weighted by Gasteiger charge is 2.07. The van der Waals surface area contributed by atoms with Crippen LogP contribution >= 0.6 is 0 Å². The Morgan fingerprint density at radius 2 is 2.33 bits per heavy atom. The van der Waals surface area contributed by atoms with E-state index in [4.69, 9.17) is 0 Å². The van der Waals surface area contributed by atoms with Crippen LogP contribution in [0.2, 0.25) is 0 Å². The molecule has 0 amide bonds. The summed E-state index contributed by atoms with van der Waals surface area (Å²) in [5.74, 6) is 0.642. The van der Waals surface area contributed by atoms with Crippen LogP contribution in [0.3, 0.4) is 0 Å². The number of H-pyrrole nitrogens is 1. The van der Waals surface area contributed by atoms with Crippen LogP contribution in [0.25, 0.3) is 0 Å². The number of aromatic amines is 1. The van der Waals surface area contributed by atoms with Crippen LogP contribution in [-0.4, -0.2) is 20.2 Å². The molecule has 2 heterocycles. The maximum atomic E-state index is 4.27. The van der Waals surface area contributed by atoms with E-state index in [1.165, 1.54) is 0 Å². The maximum absolute atomic E-state index is 4.27. The van der Waals surface area contributed by atoms with E-state index in [-0.39, 0.29) is 6.04 Å². The summed E-state index contributed by atoms with van der Waals surface area (Å²) in [5, 5.41) is 9.88. The van der Waals surface area contributed by atoms with Crippen LogP contribution < -0.4 is 5.32 Å². The molecule has 0 spiro atoms. The number of aryl methyl sites for hydroxylation is 1. The second kappa shape index (κ2) is 4.08. The number of aromatic nitrogens is 4. The van der Waals surface area contributed by atoms with Gasteiger partial charge in [-0.1, -0.05) is 0 Å². The van der Waals surface area contributed by atoms with Gasteiger partial charge in [-0.05, 0) is 19.9 Å². The van der Waals surface area contributed by atoms with Gasteiger partial charge in [0.25, 0.3) is 0 Å². The number of hydrogen-bond donors (Lipinski definition) is 2. The molecular formula is C10H13N5. The summed E-state index contributed by atoms with van der Waals surface area (Å²) in [7, 11) is 0. The first kappa shape index (κ1) is 9.64. The van der Waals surface area contributed by atoms with Crippen molar-refractivity contribution in [3.05, 3.63) is 35.9 Å². The largest absolute Gasteiger partial charge is 0.348 e. The van der Waals surface area contributed by atoms with Crippen molar-refractivity contribution in [2.45, 2.75) is 19.9 Å². The highest BCUT2D eigenvalue weighted by atomic mass is 15.1. The fraction of sp³-hybridized carbons (Fsp3) is 0.300. The molecule has 2 aromatic heterocycles. The molecule has 0 aliphatic rings. The first-order valence-electron chi connectivity index (χ1n) is 4.80. The van der Waals surface area contributed by atoms with Gasteiger partial charge < -0.3 is 5.32 Å². The molecule has 0 bridgehead atoms. The standard InChI is InChI=1S/C10H13N5/c1-7-3-4-11-10(14-7)15-8(2)9-5-12-13-6-9/h3-6,8H,1-2H3,(H,12,13)(H,11,14,15). The summed E-state index contributed by atoms with van der Waals surface area (Å²) in [4.78, 5) is 8.41. The van der Waals surface area contributed by atoms with E-state index in [0.717, 1.165) is 11.3 Å². The van der Waals surface area contributed by atoms with Crippen molar-refractivity contribution in [3.8, 4) is 0 Å². The van der Waals surface area contributed by atoms with Crippen molar-refractivity contribution in [3.63, 3.8) is 0 Å². The Balaban J connectivity index is 2.09. The van der Waals surface area contributed by atoms with E-state index < -0.39 is 0 Å². The second-order valence-electron chi connectivity index (χ2n) is 3.42. The lowest BCUT2D eigenvalue weighted by Crippen LogP contribution is -2.08. The highest BCUT2D eigenvalue weighted by molar-refractivity contribution is 5.29. The van der Waals surface area contributed by atoms with Crippen molar-refractivity contribution in [1.82, 2.24) is 20.2 Å². The zero-order valence-electron chi connectivity index (χ0n) is 8.73. The molecule has 2 rings (SSSR count). The lowest BCUT2D eigenvalue weighted by molar-refractivity contribution is 0.858. The molecule has 0 saturated carbocycles. The molecule has 78 valence electrons. The number of anilines is 1. The third-order valence-corrected chi connectivity index (χ3v) is 2.16. The van der Waals surface area contributed by atoms with Crippen molar-refractivity contribution in [1.29, 1.82) is 0 Å². The third kappa shape index (κ3) is 2.31. The summed E-state index contributed by atoms with van der Waals surface area (Å²) in [5.41, 5.74) is 2.03. The van der Waals surface area contributed by atoms with E-state index in [0.29, 0.717) is 5.95 Å². The van der Waals surface area contributed by atoms with E-state index >= 15 is 0 Å². The summed E-state index contributed by atoms with van der Waals surface area (Å²) in [6.45, 7) is 3.98. The van der Waals surface area contributed by atoms with Gasteiger partial charge in [0.15, 0.2) is 0 Å². The van der Waals surface area contributed by atoms with Gasteiger partial charge in [0.05, 0.1) is 12.2 Å². The second-order valence-corrected chi connectivity index (χ2v) is 3.42. The van der Waals surface area contributed by atoms with Gasteiger partial charge >= 0.3 is 0 Å². The molecule has 5 heteroatoms. The van der Waals surface area contributed by atoms with Gasteiger partial charge in [0.1, 0.15) is 0 Å². The number of nitrogens with zero attached hydrogens (tertiary/aromatic N) is 3. The molecule has 5 nitrogen and oxygen atoms in total. The molecule has 0 radical (unpaired) electrons. The van der Waals surface area contributed by atoms with Crippen LogP contribution in [0.4, 0.5) is 5.95 Å². The number of nitrogens with one attached hydrogen (secondary N) is 2. The molecule has 0 aliphatic carbocycles. The van der Waals surface area contributed by atoms with Crippen molar-refractivity contribution < 1.29 is 0 Å². The Morgan fingerprint density at radius 1 is 1.47 bits per heavy atom. The zero-order valence-corrected chi connectivity index (χ0v) is 8.73. The van der Waals surface area contributed by atoms with Crippen LogP contribution in [0.5, 0.6) is 0 Å². The lowest BCUT2D eigenvalue weighted by atomic mass is 10.2. The Labute approximate surface area is 88.0 Å². The average Bonchev–Trinajstić information content (AvgIpc) is 2.70. The minimum Gasteiger partial charge on any atom is -0.348 e. The van der Waals surface area contributed by atoms with Crippen LogP contribution in [0.15, 0.2) is 24.7 Å². The monoisotopic (exact) mass is 203 g/mol. The third-order valence-electron chi connectivity index (χ3n) is 2.16. The van der Waals surface area contributed by atoms with Gasteiger partial charge in [-0.3, -0.25) is 5.10 Å². The zero-order chi connectivity index (χ0) is 10.7. The molecule has 0 saturated heterocycles. The summed E-state index contributed by atoms with van der Waals surface area (Å²) in [6, 6.07) is 2.01. The van der Waals surface area contributed by atoms with Gasteiger partial charge in [-0.2, -0.15) is 5.10 Å². The Kier molecular flexibility index (Phi) is 2.62. The molecule has 0 aromatic carbocycles. The summed E-state index contributed by atoms with van der Waals surface area (Å²) >= 11 is 0. The molecule has 1 atom stereocenters. The molecule has 1 unspecified atom stereocenters. The van der Waals surface area contributed by atoms with E-state index in [1.807, 2.05) is 26.1 Å². The van der Waals surface area contributed by atoms with Gasteiger partial charge in [-0.15, -0.1) is 0 Å². The van der Waals surface area contributed by atoms with Crippen molar-refractivity contribution >= 4 is 5.95 Å². The van der Waals surface area contributed by atoms with E-state index in [1.54, 1.807) is 12.4 Å². The predicted octanol–water partition coefficient (Wildman–Crippen LogP) is 1.68. The van der Waals surface area contributed by atoms with Gasteiger partial charge in [-0.25, -0.2) is 9.97 Å². The SMILES string of the molecule is Cc1ccnc(NC(C)c2cn[nH]c2)n1. The molecule has 15 heavy (non-hydrogen) atoms.